The maximum Gasteiger partial charge on any atom is 0.189 e. The third-order valence-corrected chi connectivity index (χ3v) is 2.81. The molecule has 90 valence electrons. The Morgan fingerprint density at radius 1 is 1.28 bits per heavy atom. The zero-order valence-corrected chi connectivity index (χ0v) is 11.0. The number of ketones is 1. The van der Waals surface area contributed by atoms with Crippen LogP contribution in [0.25, 0.3) is 6.08 Å². The number of carbonyl (C=O) groups excluding carboxylic acids is 1. The zero-order chi connectivity index (χ0) is 13.0. The Morgan fingerprint density at radius 2 is 2.11 bits per heavy atom. The van der Waals surface area contributed by atoms with Crippen LogP contribution >= 0.6 is 15.9 Å². The Morgan fingerprint density at radius 3 is 2.78 bits per heavy atom. The van der Waals surface area contributed by atoms with E-state index in [1.807, 2.05) is 6.07 Å². The number of nitrogens with zero attached hydrogens (tertiary/aromatic N) is 1. The van der Waals surface area contributed by atoms with Crippen molar-refractivity contribution < 1.29 is 9.90 Å². The van der Waals surface area contributed by atoms with Gasteiger partial charge in [0.15, 0.2) is 5.78 Å². The van der Waals surface area contributed by atoms with Crippen LogP contribution in [0.1, 0.15) is 16.1 Å². The van der Waals surface area contributed by atoms with Crippen molar-refractivity contribution in [2.24, 2.45) is 0 Å². The van der Waals surface area contributed by atoms with Crippen LogP contribution in [-0.4, -0.2) is 15.9 Å². The number of aromatic nitrogens is 1. The first-order chi connectivity index (χ1) is 8.66. The van der Waals surface area contributed by atoms with Gasteiger partial charge in [0, 0.05) is 10.7 Å². The lowest BCUT2D eigenvalue weighted by Gasteiger charge is -2.00. The first-order valence-corrected chi connectivity index (χ1v) is 6.08. The van der Waals surface area contributed by atoms with E-state index in [9.17, 15) is 9.90 Å². The normalized spacial score (nSPS) is 10.7. The molecule has 0 unspecified atom stereocenters. The van der Waals surface area contributed by atoms with Crippen molar-refractivity contribution in [3.63, 3.8) is 0 Å². The van der Waals surface area contributed by atoms with Crippen LogP contribution in [0, 0.1) is 0 Å². The summed E-state index contributed by atoms with van der Waals surface area (Å²) in [7, 11) is 0. The van der Waals surface area contributed by atoms with Gasteiger partial charge in [-0.05, 0) is 42.5 Å². The highest BCUT2D eigenvalue weighted by molar-refractivity contribution is 9.10. The number of phenolic OH excluding ortho intramolecular Hbond substituents is 1. The third kappa shape index (κ3) is 3.05. The highest BCUT2D eigenvalue weighted by Gasteiger charge is 2.08. The summed E-state index contributed by atoms with van der Waals surface area (Å²) in [6, 6.07) is 10.2. The molecule has 0 aliphatic heterocycles. The Hall–Kier alpha value is -1.94. The predicted molar refractivity (Wildman–Crippen MR) is 73.4 cm³/mol. The number of allylic oxidation sites excluding steroid dienone is 1. The van der Waals surface area contributed by atoms with Crippen molar-refractivity contribution in [1.82, 2.24) is 4.98 Å². The first kappa shape index (κ1) is 12.5. The number of halogens is 1. The number of phenols is 1. The molecule has 2 rings (SSSR count). The average molecular weight is 304 g/mol. The number of hydrogen-bond acceptors (Lipinski definition) is 3. The van der Waals surface area contributed by atoms with Gasteiger partial charge in [-0.3, -0.25) is 9.78 Å². The molecule has 0 radical (unpaired) electrons. The van der Waals surface area contributed by atoms with Crippen molar-refractivity contribution in [2.75, 3.05) is 0 Å². The molecular weight excluding hydrogens is 294 g/mol. The van der Waals surface area contributed by atoms with Crippen molar-refractivity contribution in [3.05, 3.63) is 64.4 Å². The van der Waals surface area contributed by atoms with Crippen molar-refractivity contribution in [1.29, 1.82) is 0 Å². The molecule has 0 aliphatic rings. The molecule has 1 N–H and O–H groups in total. The first-order valence-electron chi connectivity index (χ1n) is 5.29. The minimum atomic E-state index is -0.259. The average Bonchev–Trinajstić information content (AvgIpc) is 2.37. The molecule has 0 atom stereocenters. The van der Waals surface area contributed by atoms with E-state index in [-0.39, 0.29) is 17.1 Å². The summed E-state index contributed by atoms with van der Waals surface area (Å²) in [6.07, 6.45) is 4.66. The Kier molecular flexibility index (Phi) is 3.89. The van der Waals surface area contributed by atoms with Gasteiger partial charge < -0.3 is 5.11 Å². The smallest absolute Gasteiger partial charge is 0.189 e. The second-order valence-corrected chi connectivity index (χ2v) is 4.53. The highest BCUT2D eigenvalue weighted by Crippen LogP contribution is 2.23. The van der Waals surface area contributed by atoms with Crippen LogP contribution in [-0.2, 0) is 0 Å². The maximum atomic E-state index is 11.9. The van der Waals surface area contributed by atoms with Gasteiger partial charge in [-0.25, -0.2) is 0 Å². The quantitative estimate of drug-likeness (QED) is 0.698. The van der Waals surface area contributed by atoms with Gasteiger partial charge in [0.2, 0.25) is 0 Å². The summed E-state index contributed by atoms with van der Waals surface area (Å²) in [5.41, 5.74) is 0.966. The van der Waals surface area contributed by atoms with Crippen molar-refractivity contribution in [3.8, 4) is 5.75 Å². The van der Waals surface area contributed by atoms with Gasteiger partial charge in [0.25, 0.3) is 0 Å². The van der Waals surface area contributed by atoms with E-state index < -0.39 is 0 Å². The lowest BCUT2D eigenvalue weighted by molar-refractivity contribution is 0.104. The van der Waals surface area contributed by atoms with E-state index >= 15 is 0 Å². The second kappa shape index (κ2) is 5.60. The van der Waals surface area contributed by atoms with E-state index in [1.165, 1.54) is 12.1 Å². The Balaban J connectivity index is 2.20. The molecule has 0 amide bonds. The number of pyridine rings is 1. The summed E-state index contributed by atoms with van der Waals surface area (Å²) < 4.78 is 0.727. The monoisotopic (exact) mass is 303 g/mol. The summed E-state index contributed by atoms with van der Waals surface area (Å²) in [4.78, 5) is 15.9. The Bertz CT molecular complexity index is 594. The summed E-state index contributed by atoms with van der Waals surface area (Å²) >= 11 is 3.22. The molecule has 0 saturated carbocycles. The SMILES string of the molecule is O=C(C=Cc1ccccn1)c1ccc(Br)cc1O. The maximum absolute atomic E-state index is 11.9. The highest BCUT2D eigenvalue weighted by atomic mass is 79.9. The van der Waals surface area contributed by atoms with Crippen LogP contribution in [0.4, 0.5) is 0 Å². The standard InChI is InChI=1S/C14H10BrNO2/c15-10-4-6-12(14(18)9-10)13(17)7-5-11-3-1-2-8-16-11/h1-9,18H. The van der Waals surface area contributed by atoms with Gasteiger partial charge in [-0.2, -0.15) is 0 Å². The second-order valence-electron chi connectivity index (χ2n) is 3.61. The molecule has 1 aromatic heterocycles. The molecule has 4 heteroatoms. The van der Waals surface area contributed by atoms with Gasteiger partial charge in [0.05, 0.1) is 11.3 Å². The van der Waals surface area contributed by atoms with Crippen LogP contribution in [0.5, 0.6) is 5.75 Å². The summed E-state index contributed by atoms with van der Waals surface area (Å²) in [5.74, 6) is -0.300. The van der Waals surface area contributed by atoms with Crippen LogP contribution in [0.3, 0.4) is 0 Å². The van der Waals surface area contributed by atoms with Crippen molar-refractivity contribution >= 4 is 27.8 Å². The van der Waals surface area contributed by atoms with E-state index in [4.69, 9.17) is 0 Å². The van der Waals surface area contributed by atoms with E-state index in [0.717, 1.165) is 4.47 Å². The molecule has 1 heterocycles. The molecule has 0 bridgehead atoms. The lowest BCUT2D eigenvalue weighted by Crippen LogP contribution is -1.94. The molecule has 3 nitrogen and oxygen atoms in total. The van der Waals surface area contributed by atoms with Crippen molar-refractivity contribution in [2.45, 2.75) is 0 Å². The molecule has 0 fully saturated rings. The topological polar surface area (TPSA) is 50.2 Å². The van der Waals surface area contributed by atoms with E-state index in [0.29, 0.717) is 5.69 Å². The summed E-state index contributed by atoms with van der Waals surface area (Å²) in [5, 5.41) is 9.66. The Labute approximate surface area is 113 Å². The van der Waals surface area contributed by atoms with Gasteiger partial charge in [-0.1, -0.05) is 22.0 Å². The molecule has 2 aromatic rings. The van der Waals surface area contributed by atoms with Crippen LogP contribution in [0.2, 0.25) is 0 Å². The number of aromatic hydroxyl groups is 1. The third-order valence-electron chi connectivity index (χ3n) is 2.32. The lowest BCUT2D eigenvalue weighted by atomic mass is 10.1. The molecule has 0 aliphatic carbocycles. The molecule has 1 aromatic carbocycles. The number of carbonyl (C=O) groups is 1. The fourth-order valence-electron chi connectivity index (χ4n) is 1.44. The number of benzene rings is 1. The molecular formula is C14H10BrNO2. The fraction of sp³-hybridized carbons (Fsp3) is 0. The predicted octanol–water partition coefficient (Wildman–Crippen LogP) is 3.45. The minimum Gasteiger partial charge on any atom is -0.507 e. The summed E-state index contributed by atoms with van der Waals surface area (Å²) in [6.45, 7) is 0. The molecule has 0 saturated heterocycles. The van der Waals surface area contributed by atoms with Gasteiger partial charge >= 0.3 is 0 Å². The molecule has 0 spiro atoms. The van der Waals surface area contributed by atoms with E-state index in [1.54, 1.807) is 36.5 Å². The fourth-order valence-corrected chi connectivity index (χ4v) is 1.79. The van der Waals surface area contributed by atoms with Crippen LogP contribution < -0.4 is 0 Å². The largest absolute Gasteiger partial charge is 0.507 e. The number of rotatable bonds is 3. The van der Waals surface area contributed by atoms with Crippen LogP contribution in [0.15, 0.2) is 53.1 Å². The zero-order valence-electron chi connectivity index (χ0n) is 9.38. The van der Waals surface area contributed by atoms with Gasteiger partial charge in [0.1, 0.15) is 5.75 Å². The number of hydrogen-bond donors (Lipinski definition) is 1. The van der Waals surface area contributed by atoms with Gasteiger partial charge in [-0.15, -0.1) is 0 Å². The minimum absolute atomic E-state index is 0.0416. The molecule has 18 heavy (non-hydrogen) atoms. The van der Waals surface area contributed by atoms with E-state index in [2.05, 4.69) is 20.9 Å².